The summed E-state index contributed by atoms with van der Waals surface area (Å²) in [5.41, 5.74) is 2.57. The molecule has 0 aliphatic carbocycles. The molecule has 0 aliphatic heterocycles. The van der Waals surface area contributed by atoms with E-state index in [0.29, 0.717) is 5.69 Å². The smallest absolute Gasteiger partial charge is 0.274 e. The minimum Gasteiger partial charge on any atom is -0.496 e. The summed E-state index contributed by atoms with van der Waals surface area (Å²) >= 11 is 0. The van der Waals surface area contributed by atoms with E-state index in [9.17, 15) is 4.79 Å². The number of aromatic nitrogens is 2. The van der Waals surface area contributed by atoms with Gasteiger partial charge in [0.15, 0.2) is 0 Å². The molecule has 23 heavy (non-hydrogen) atoms. The largest absolute Gasteiger partial charge is 0.496 e. The number of ether oxygens (including phenoxy) is 1. The fourth-order valence-corrected chi connectivity index (χ4v) is 2.58. The van der Waals surface area contributed by atoms with Crippen molar-refractivity contribution < 1.29 is 9.53 Å². The number of para-hydroxylation sites is 1. The number of hydrogen-bond acceptors (Lipinski definition) is 3. The molecule has 0 radical (unpaired) electrons. The molecule has 0 unspecified atom stereocenters. The number of aryl methyl sites for hydroxylation is 1. The van der Waals surface area contributed by atoms with E-state index in [4.69, 9.17) is 4.74 Å². The average Bonchev–Trinajstić information content (AvgIpc) is 3.03. The molecule has 1 aromatic carbocycles. The second-order valence-electron chi connectivity index (χ2n) is 5.81. The summed E-state index contributed by atoms with van der Waals surface area (Å²) in [4.78, 5) is 14.3. The fourth-order valence-electron chi connectivity index (χ4n) is 2.58. The van der Waals surface area contributed by atoms with Crippen molar-refractivity contribution in [2.24, 2.45) is 0 Å². The third kappa shape index (κ3) is 4.12. The Bertz CT molecular complexity index is 651. The molecule has 5 heteroatoms. The molecule has 1 N–H and O–H groups in total. The molecule has 0 saturated heterocycles. The highest BCUT2D eigenvalue weighted by atomic mass is 16.5. The van der Waals surface area contributed by atoms with E-state index in [1.807, 2.05) is 44.3 Å². The Balaban J connectivity index is 2.05. The molecule has 0 aliphatic rings. The third-order valence-corrected chi connectivity index (χ3v) is 4.06. The molecule has 1 amide bonds. The van der Waals surface area contributed by atoms with Crippen molar-refractivity contribution in [3.05, 3.63) is 47.3 Å². The van der Waals surface area contributed by atoms with Crippen LogP contribution in [0.5, 0.6) is 5.75 Å². The van der Waals surface area contributed by atoms with Gasteiger partial charge >= 0.3 is 0 Å². The first-order valence-electron chi connectivity index (χ1n) is 8.00. The van der Waals surface area contributed by atoms with Crippen LogP contribution in [0, 0.1) is 0 Å². The number of carbonyl (C=O) groups excluding carboxylic acids is 1. The number of benzene rings is 1. The van der Waals surface area contributed by atoms with Crippen LogP contribution in [0.4, 0.5) is 0 Å². The van der Waals surface area contributed by atoms with Crippen LogP contribution >= 0.6 is 0 Å². The second-order valence-corrected chi connectivity index (χ2v) is 5.81. The number of likely N-dealkylation sites (N-methyl/N-ethyl adjacent to an activating group) is 1. The summed E-state index contributed by atoms with van der Waals surface area (Å²) in [5, 5.41) is 7.07. The highest BCUT2D eigenvalue weighted by molar-refractivity contribution is 5.92. The number of nitrogens with zero attached hydrogens (tertiary/aromatic N) is 2. The highest BCUT2D eigenvalue weighted by Crippen LogP contribution is 2.20. The zero-order chi connectivity index (χ0) is 16.8. The molecule has 0 bridgehead atoms. The average molecular weight is 315 g/mol. The number of H-pyrrole nitrogens is 1. The first-order valence-corrected chi connectivity index (χ1v) is 8.00. The molecule has 124 valence electrons. The van der Waals surface area contributed by atoms with Crippen LogP contribution in [0.1, 0.15) is 42.0 Å². The molecule has 1 heterocycles. The first kappa shape index (κ1) is 17.1. The zero-order valence-corrected chi connectivity index (χ0v) is 14.3. The van der Waals surface area contributed by atoms with Crippen LogP contribution in [0.3, 0.4) is 0 Å². The van der Waals surface area contributed by atoms with Crippen molar-refractivity contribution in [1.29, 1.82) is 0 Å². The molecule has 2 aromatic rings. The van der Waals surface area contributed by atoms with Gasteiger partial charge in [0, 0.05) is 18.8 Å². The maximum atomic E-state index is 12.6. The number of rotatable bonds is 7. The molecular weight excluding hydrogens is 290 g/mol. The Morgan fingerprint density at radius 2 is 2.13 bits per heavy atom. The van der Waals surface area contributed by atoms with Gasteiger partial charge in [-0.05, 0) is 37.5 Å². The van der Waals surface area contributed by atoms with Gasteiger partial charge < -0.3 is 9.64 Å². The number of nitrogens with one attached hydrogen (secondary N) is 1. The predicted molar refractivity (Wildman–Crippen MR) is 90.8 cm³/mol. The Labute approximate surface area is 137 Å². The lowest BCUT2D eigenvalue weighted by Gasteiger charge is -2.25. The van der Waals surface area contributed by atoms with E-state index >= 15 is 0 Å². The van der Waals surface area contributed by atoms with Crippen molar-refractivity contribution in [3.63, 3.8) is 0 Å². The Morgan fingerprint density at radius 1 is 1.39 bits per heavy atom. The lowest BCUT2D eigenvalue weighted by Crippen LogP contribution is -2.36. The van der Waals surface area contributed by atoms with Crippen LogP contribution < -0.4 is 4.74 Å². The van der Waals surface area contributed by atoms with Gasteiger partial charge in [0.25, 0.3) is 5.91 Å². The first-order chi connectivity index (χ1) is 11.1. The van der Waals surface area contributed by atoms with Crippen molar-refractivity contribution >= 4 is 5.91 Å². The predicted octanol–water partition coefficient (Wildman–Crippen LogP) is 3.07. The van der Waals surface area contributed by atoms with Crippen molar-refractivity contribution in [2.75, 3.05) is 14.2 Å². The zero-order valence-electron chi connectivity index (χ0n) is 14.3. The number of aromatic amines is 1. The molecule has 0 saturated carbocycles. The maximum absolute atomic E-state index is 12.6. The van der Waals surface area contributed by atoms with E-state index in [-0.39, 0.29) is 11.9 Å². The van der Waals surface area contributed by atoms with Crippen LogP contribution in [0.25, 0.3) is 0 Å². The van der Waals surface area contributed by atoms with E-state index in [1.165, 1.54) is 0 Å². The third-order valence-electron chi connectivity index (χ3n) is 4.06. The topological polar surface area (TPSA) is 58.2 Å². The van der Waals surface area contributed by atoms with Gasteiger partial charge in [0.05, 0.1) is 7.11 Å². The standard InChI is InChI=1S/C18H25N3O2/c1-5-8-15-12-16(20-19-15)18(22)21(3)13(2)11-14-9-6-7-10-17(14)23-4/h6-7,9-10,12-13H,5,8,11H2,1-4H3,(H,19,20)/t13-/m1/s1. The normalized spacial score (nSPS) is 12.0. The number of amides is 1. The van der Waals surface area contributed by atoms with Gasteiger partial charge in [0.1, 0.15) is 11.4 Å². The number of hydrogen-bond donors (Lipinski definition) is 1. The fraction of sp³-hybridized carbons (Fsp3) is 0.444. The molecule has 5 nitrogen and oxygen atoms in total. The lowest BCUT2D eigenvalue weighted by atomic mass is 10.0. The van der Waals surface area contributed by atoms with Gasteiger partial charge in [-0.25, -0.2) is 0 Å². The number of carbonyl (C=O) groups is 1. The van der Waals surface area contributed by atoms with Gasteiger partial charge in [-0.1, -0.05) is 31.5 Å². The van der Waals surface area contributed by atoms with Gasteiger partial charge in [-0.2, -0.15) is 5.10 Å². The van der Waals surface area contributed by atoms with E-state index in [2.05, 4.69) is 17.1 Å². The SMILES string of the molecule is CCCc1cc(C(=O)N(C)[C@H](C)Cc2ccccc2OC)n[nH]1. The van der Waals surface area contributed by atoms with E-state index in [0.717, 1.165) is 36.3 Å². The molecule has 1 atom stereocenters. The summed E-state index contributed by atoms with van der Waals surface area (Å²) in [6.07, 6.45) is 2.66. The Hall–Kier alpha value is -2.30. The quantitative estimate of drug-likeness (QED) is 0.854. The van der Waals surface area contributed by atoms with E-state index < -0.39 is 0 Å². The summed E-state index contributed by atoms with van der Waals surface area (Å²) in [5.74, 6) is 0.788. The lowest BCUT2D eigenvalue weighted by molar-refractivity contribution is 0.0737. The minimum atomic E-state index is -0.0639. The Morgan fingerprint density at radius 3 is 2.83 bits per heavy atom. The van der Waals surface area contributed by atoms with Crippen LogP contribution in [0.15, 0.2) is 30.3 Å². The molecular formula is C18H25N3O2. The summed E-state index contributed by atoms with van der Waals surface area (Å²) in [6.45, 7) is 4.13. The van der Waals surface area contributed by atoms with Crippen LogP contribution in [0.2, 0.25) is 0 Å². The summed E-state index contributed by atoms with van der Waals surface area (Å²) in [7, 11) is 3.48. The van der Waals surface area contributed by atoms with Gasteiger partial charge in [-0.15, -0.1) is 0 Å². The monoisotopic (exact) mass is 315 g/mol. The van der Waals surface area contributed by atoms with Crippen LogP contribution in [-0.4, -0.2) is 41.2 Å². The Kier molecular flexibility index (Phi) is 5.79. The molecule has 1 aromatic heterocycles. The second kappa shape index (κ2) is 7.81. The van der Waals surface area contributed by atoms with Crippen molar-refractivity contribution in [1.82, 2.24) is 15.1 Å². The molecule has 0 fully saturated rings. The molecule has 0 spiro atoms. The van der Waals surface area contributed by atoms with Crippen LogP contribution in [-0.2, 0) is 12.8 Å². The summed E-state index contributed by atoms with van der Waals surface area (Å²) < 4.78 is 5.38. The maximum Gasteiger partial charge on any atom is 0.274 e. The highest BCUT2D eigenvalue weighted by Gasteiger charge is 2.21. The summed E-state index contributed by atoms with van der Waals surface area (Å²) in [6, 6.07) is 9.79. The number of methoxy groups -OCH3 is 1. The minimum absolute atomic E-state index is 0.0464. The van der Waals surface area contributed by atoms with Gasteiger partial charge in [0.2, 0.25) is 0 Å². The van der Waals surface area contributed by atoms with Crippen molar-refractivity contribution in [3.8, 4) is 5.75 Å². The molecule has 2 rings (SSSR count). The van der Waals surface area contributed by atoms with Gasteiger partial charge in [-0.3, -0.25) is 9.89 Å². The van der Waals surface area contributed by atoms with Crippen molar-refractivity contribution in [2.45, 2.75) is 39.2 Å². The van der Waals surface area contributed by atoms with E-state index in [1.54, 1.807) is 12.0 Å².